The molecule has 0 saturated carbocycles. The van der Waals surface area contributed by atoms with Crippen molar-refractivity contribution in [3.05, 3.63) is 83.9 Å². The summed E-state index contributed by atoms with van der Waals surface area (Å²) in [6, 6.07) is 27.7. The van der Waals surface area contributed by atoms with Crippen molar-refractivity contribution in [2.75, 3.05) is 12.3 Å². The first-order valence-electron chi connectivity index (χ1n) is 12.1. The fourth-order valence-electron chi connectivity index (χ4n) is 5.68. The molecule has 0 amide bonds. The summed E-state index contributed by atoms with van der Waals surface area (Å²) in [4.78, 5) is 0. The highest BCUT2D eigenvalue weighted by molar-refractivity contribution is 7.74. The molecule has 0 radical (unpaired) electrons. The molecule has 1 heterocycles. The Morgan fingerprint density at radius 2 is 1.03 bits per heavy atom. The molecular formula is C30H34P+. The minimum Gasteiger partial charge on any atom is -0.0652 e. The highest BCUT2D eigenvalue weighted by Gasteiger charge is 2.41. The van der Waals surface area contributed by atoms with Crippen molar-refractivity contribution in [2.24, 2.45) is 0 Å². The van der Waals surface area contributed by atoms with Gasteiger partial charge in [0.1, 0.15) is 0 Å². The zero-order valence-corrected chi connectivity index (χ0v) is 19.9. The minimum atomic E-state index is -1.09. The summed E-state index contributed by atoms with van der Waals surface area (Å²) in [6.45, 7) is 4.72. The molecular weight excluding hydrogens is 391 g/mol. The summed E-state index contributed by atoms with van der Waals surface area (Å²) in [5, 5.41) is 5.60. The third-order valence-electron chi connectivity index (χ3n) is 7.26. The quantitative estimate of drug-likeness (QED) is 0.270. The van der Waals surface area contributed by atoms with Gasteiger partial charge in [-0.2, -0.15) is 0 Å². The number of hydrogen-bond acceptors (Lipinski definition) is 0. The van der Waals surface area contributed by atoms with E-state index < -0.39 is 7.26 Å². The van der Waals surface area contributed by atoms with Gasteiger partial charge in [-0.15, -0.1) is 0 Å². The summed E-state index contributed by atoms with van der Waals surface area (Å²) in [6.07, 6.45) is 10.9. The number of fused-ring (bicyclic) bond motifs is 7. The molecule has 0 aromatic heterocycles. The van der Waals surface area contributed by atoms with Gasteiger partial charge in [-0.1, -0.05) is 99.5 Å². The van der Waals surface area contributed by atoms with E-state index in [1.54, 1.807) is 11.1 Å². The van der Waals surface area contributed by atoms with Crippen molar-refractivity contribution in [1.82, 2.24) is 0 Å². The Morgan fingerprint density at radius 1 is 0.581 bits per heavy atom. The van der Waals surface area contributed by atoms with Gasteiger partial charge in [0.2, 0.25) is 0 Å². The van der Waals surface area contributed by atoms with E-state index in [9.17, 15) is 0 Å². The molecule has 1 heteroatoms. The van der Waals surface area contributed by atoms with Crippen molar-refractivity contribution in [1.29, 1.82) is 0 Å². The third kappa shape index (κ3) is 3.81. The molecule has 0 N–H and O–H groups in total. The molecule has 4 aromatic carbocycles. The standard InChI is InChI=1S/C30H34P/c1-3-5-19-31(20-6-4-2)21-25-17-15-23-11-7-9-13-27(23)29(25)30-26(22-31)18-16-24-12-8-10-14-28(24)30/h7-18H,3-6,19-22H2,1-2H3/q+1. The van der Waals surface area contributed by atoms with Crippen LogP contribution in [0.4, 0.5) is 0 Å². The summed E-state index contributed by atoms with van der Waals surface area (Å²) in [5.41, 5.74) is 6.27. The first kappa shape index (κ1) is 20.7. The minimum absolute atomic E-state index is 1.09. The molecule has 4 aromatic rings. The molecule has 0 spiro atoms. The molecule has 1 aliphatic rings. The average Bonchev–Trinajstić information content (AvgIpc) is 2.96. The second-order valence-corrected chi connectivity index (χ2v) is 13.7. The lowest BCUT2D eigenvalue weighted by atomic mass is 9.88. The maximum absolute atomic E-state index is 2.47. The van der Waals surface area contributed by atoms with Crippen LogP contribution in [0, 0.1) is 0 Å². The SMILES string of the molecule is CCCC[P+]1(CCCC)Cc2ccc3ccccc3c2-c2c(ccc3ccccc23)C1. The Hall–Kier alpha value is -2.17. The molecule has 31 heavy (non-hydrogen) atoms. The summed E-state index contributed by atoms with van der Waals surface area (Å²) in [7, 11) is -1.09. The van der Waals surface area contributed by atoms with Gasteiger partial charge in [-0.25, -0.2) is 0 Å². The van der Waals surface area contributed by atoms with Gasteiger partial charge in [0.05, 0.1) is 24.6 Å². The average molecular weight is 426 g/mol. The second-order valence-electron chi connectivity index (χ2n) is 9.45. The van der Waals surface area contributed by atoms with Gasteiger partial charge in [0.25, 0.3) is 0 Å². The van der Waals surface area contributed by atoms with Crippen LogP contribution in [0.3, 0.4) is 0 Å². The Kier molecular flexibility index (Phi) is 5.85. The van der Waals surface area contributed by atoms with Crippen LogP contribution in [-0.2, 0) is 12.3 Å². The van der Waals surface area contributed by atoms with Crippen LogP contribution in [0.5, 0.6) is 0 Å². The second kappa shape index (κ2) is 8.76. The zero-order valence-electron chi connectivity index (χ0n) is 19.0. The van der Waals surface area contributed by atoms with Crippen molar-refractivity contribution >= 4 is 28.8 Å². The Labute approximate surface area is 188 Å². The van der Waals surface area contributed by atoms with Crippen molar-refractivity contribution in [3.8, 4) is 11.1 Å². The molecule has 0 atom stereocenters. The number of benzene rings is 4. The topological polar surface area (TPSA) is 0 Å². The van der Waals surface area contributed by atoms with Crippen LogP contribution in [0.25, 0.3) is 32.7 Å². The van der Waals surface area contributed by atoms with E-state index in [-0.39, 0.29) is 0 Å². The molecule has 0 nitrogen and oxygen atoms in total. The van der Waals surface area contributed by atoms with E-state index in [0.717, 1.165) is 0 Å². The fourth-order valence-corrected chi connectivity index (χ4v) is 10.6. The largest absolute Gasteiger partial charge is 0.0852 e. The zero-order chi connectivity index (χ0) is 21.3. The van der Waals surface area contributed by atoms with Gasteiger partial charge in [0, 0.05) is 7.26 Å². The Morgan fingerprint density at radius 3 is 1.48 bits per heavy atom. The van der Waals surface area contributed by atoms with Gasteiger partial charge in [-0.3, -0.25) is 0 Å². The van der Waals surface area contributed by atoms with E-state index in [4.69, 9.17) is 0 Å². The molecule has 0 unspecified atom stereocenters. The van der Waals surface area contributed by atoms with Crippen molar-refractivity contribution in [2.45, 2.75) is 51.9 Å². The Balaban J connectivity index is 1.83. The lowest BCUT2D eigenvalue weighted by Gasteiger charge is -2.27. The lowest BCUT2D eigenvalue weighted by molar-refractivity contribution is 0.853. The maximum Gasteiger partial charge on any atom is 0.0852 e. The smallest absolute Gasteiger partial charge is 0.0652 e. The van der Waals surface area contributed by atoms with Gasteiger partial charge in [0.15, 0.2) is 0 Å². The van der Waals surface area contributed by atoms with Crippen LogP contribution in [-0.4, -0.2) is 12.3 Å². The van der Waals surface area contributed by atoms with Crippen molar-refractivity contribution < 1.29 is 0 Å². The number of unbranched alkanes of at least 4 members (excludes halogenated alkanes) is 2. The predicted octanol–water partition coefficient (Wildman–Crippen LogP) is 9.29. The van der Waals surface area contributed by atoms with E-state index >= 15 is 0 Å². The first-order valence-corrected chi connectivity index (χ1v) is 14.6. The summed E-state index contributed by atoms with van der Waals surface area (Å²) < 4.78 is 0. The monoisotopic (exact) mass is 425 g/mol. The van der Waals surface area contributed by atoms with Crippen LogP contribution in [0.1, 0.15) is 50.7 Å². The van der Waals surface area contributed by atoms with Crippen molar-refractivity contribution in [3.63, 3.8) is 0 Å². The summed E-state index contributed by atoms with van der Waals surface area (Å²) in [5.74, 6) is 0. The van der Waals surface area contributed by atoms with E-state index in [0.29, 0.717) is 0 Å². The molecule has 0 fully saturated rings. The van der Waals surface area contributed by atoms with Crippen LogP contribution < -0.4 is 0 Å². The third-order valence-corrected chi connectivity index (χ3v) is 11.8. The van der Waals surface area contributed by atoms with Crippen LogP contribution in [0.15, 0.2) is 72.8 Å². The maximum atomic E-state index is 2.47. The van der Waals surface area contributed by atoms with E-state index in [2.05, 4.69) is 86.6 Å². The lowest BCUT2D eigenvalue weighted by Crippen LogP contribution is -2.09. The van der Waals surface area contributed by atoms with Gasteiger partial charge in [-0.05, 0) is 56.6 Å². The van der Waals surface area contributed by atoms with Gasteiger partial charge < -0.3 is 0 Å². The highest BCUT2D eigenvalue weighted by atomic mass is 31.2. The highest BCUT2D eigenvalue weighted by Crippen LogP contribution is 2.68. The first-order chi connectivity index (χ1) is 15.2. The predicted molar refractivity (Wildman–Crippen MR) is 141 cm³/mol. The molecule has 158 valence electrons. The van der Waals surface area contributed by atoms with E-state index in [1.807, 2.05) is 0 Å². The molecule has 0 aliphatic carbocycles. The van der Waals surface area contributed by atoms with E-state index in [1.165, 1.54) is 83.0 Å². The fraction of sp³-hybridized carbons (Fsp3) is 0.333. The molecule has 0 bridgehead atoms. The molecule has 5 rings (SSSR count). The van der Waals surface area contributed by atoms with Crippen LogP contribution >= 0.6 is 7.26 Å². The van der Waals surface area contributed by atoms with Gasteiger partial charge >= 0.3 is 0 Å². The van der Waals surface area contributed by atoms with Crippen LogP contribution in [0.2, 0.25) is 0 Å². The molecule has 1 aliphatic heterocycles. The molecule has 0 saturated heterocycles. The number of hydrogen-bond donors (Lipinski definition) is 0. The normalized spacial score (nSPS) is 14.9. The Bertz CT molecular complexity index is 1120. The number of rotatable bonds is 6. The summed E-state index contributed by atoms with van der Waals surface area (Å²) >= 11 is 0.